The standard InChI is InChI=1S/C23H31FN2O3/c24-23(10-7-17(15-23)14-21(27)28)22(29)26-11-8-16(9-12-26)13-19-6-5-18-3-1-2-4-20(18)25-19/h5-6,16-17H,1-4,7-15H2,(H,27,28). The zero-order valence-corrected chi connectivity index (χ0v) is 17.0. The number of aliphatic carboxylic acids is 1. The number of nitrogens with zero attached hydrogens (tertiary/aromatic N) is 2. The fourth-order valence-electron chi connectivity index (χ4n) is 5.37. The van der Waals surface area contributed by atoms with Crippen LogP contribution in [0.4, 0.5) is 4.39 Å². The van der Waals surface area contributed by atoms with E-state index in [1.807, 2.05) is 0 Å². The molecule has 6 heteroatoms. The van der Waals surface area contributed by atoms with Crippen molar-refractivity contribution in [2.24, 2.45) is 11.8 Å². The van der Waals surface area contributed by atoms with Crippen molar-refractivity contribution in [3.63, 3.8) is 0 Å². The summed E-state index contributed by atoms with van der Waals surface area (Å²) in [4.78, 5) is 30.2. The Bertz CT molecular complexity index is 775. The molecule has 1 aromatic rings. The topological polar surface area (TPSA) is 70.5 Å². The van der Waals surface area contributed by atoms with Crippen molar-refractivity contribution in [2.45, 2.75) is 76.3 Å². The van der Waals surface area contributed by atoms with Crippen LogP contribution < -0.4 is 0 Å². The largest absolute Gasteiger partial charge is 0.481 e. The number of aryl methyl sites for hydroxylation is 2. The molecule has 2 heterocycles. The number of fused-ring (bicyclic) bond motifs is 1. The predicted molar refractivity (Wildman–Crippen MR) is 107 cm³/mol. The molecule has 2 aliphatic carbocycles. The maximum absolute atomic E-state index is 15.2. The normalized spacial score (nSPS) is 27.6. The van der Waals surface area contributed by atoms with Gasteiger partial charge in [-0.25, -0.2) is 4.39 Å². The van der Waals surface area contributed by atoms with E-state index in [4.69, 9.17) is 10.1 Å². The van der Waals surface area contributed by atoms with Crippen molar-refractivity contribution in [1.82, 2.24) is 9.88 Å². The second-order valence-corrected chi connectivity index (χ2v) is 9.23. The Morgan fingerprint density at radius 3 is 2.66 bits per heavy atom. The van der Waals surface area contributed by atoms with Crippen molar-refractivity contribution in [3.05, 3.63) is 29.1 Å². The Morgan fingerprint density at radius 1 is 1.14 bits per heavy atom. The molecule has 1 aromatic heterocycles. The molecular weight excluding hydrogens is 371 g/mol. The third-order valence-electron chi connectivity index (χ3n) is 7.04. The molecule has 2 atom stereocenters. The second kappa shape index (κ2) is 8.41. The van der Waals surface area contributed by atoms with Gasteiger partial charge in [0.15, 0.2) is 5.67 Å². The van der Waals surface area contributed by atoms with Gasteiger partial charge in [-0.3, -0.25) is 14.6 Å². The molecule has 2 fully saturated rings. The van der Waals surface area contributed by atoms with E-state index in [2.05, 4.69) is 12.1 Å². The van der Waals surface area contributed by atoms with Crippen molar-refractivity contribution in [3.8, 4) is 0 Å². The first kappa shape index (κ1) is 20.3. The van der Waals surface area contributed by atoms with Crippen LogP contribution in [0, 0.1) is 11.8 Å². The van der Waals surface area contributed by atoms with E-state index >= 15 is 4.39 Å². The number of aromatic nitrogens is 1. The minimum atomic E-state index is -1.87. The van der Waals surface area contributed by atoms with Crippen LogP contribution in [0.25, 0.3) is 0 Å². The average molecular weight is 403 g/mol. The highest BCUT2D eigenvalue weighted by atomic mass is 19.1. The molecule has 2 unspecified atom stereocenters. The zero-order valence-electron chi connectivity index (χ0n) is 17.0. The third-order valence-corrected chi connectivity index (χ3v) is 7.04. The summed E-state index contributed by atoms with van der Waals surface area (Å²) in [6.45, 7) is 1.17. The molecule has 1 aliphatic heterocycles. The Morgan fingerprint density at radius 2 is 1.90 bits per heavy atom. The first-order valence-corrected chi connectivity index (χ1v) is 11.1. The highest BCUT2D eigenvalue weighted by Crippen LogP contribution is 2.41. The highest BCUT2D eigenvalue weighted by Gasteiger charge is 2.48. The molecule has 5 nitrogen and oxygen atoms in total. The average Bonchev–Trinajstić information content (AvgIpc) is 3.09. The quantitative estimate of drug-likeness (QED) is 0.815. The van der Waals surface area contributed by atoms with Gasteiger partial charge in [0.05, 0.1) is 0 Å². The summed E-state index contributed by atoms with van der Waals surface area (Å²) in [7, 11) is 0. The summed E-state index contributed by atoms with van der Waals surface area (Å²) in [6, 6.07) is 4.38. The number of piperidine rings is 1. The van der Waals surface area contributed by atoms with Crippen molar-refractivity contribution >= 4 is 11.9 Å². The molecule has 3 aliphatic rings. The number of amides is 1. The van der Waals surface area contributed by atoms with Crippen molar-refractivity contribution < 1.29 is 19.1 Å². The molecule has 158 valence electrons. The Kier molecular flexibility index (Phi) is 5.88. The Hall–Kier alpha value is -1.98. The van der Waals surface area contributed by atoms with Gasteiger partial charge in [0.2, 0.25) is 0 Å². The summed E-state index contributed by atoms with van der Waals surface area (Å²) < 4.78 is 15.2. The van der Waals surface area contributed by atoms with Gasteiger partial charge in [0, 0.05) is 30.9 Å². The molecular formula is C23H31FN2O3. The maximum Gasteiger partial charge on any atom is 0.303 e. The number of carboxylic acids is 1. The van der Waals surface area contributed by atoms with Crippen LogP contribution in [0.3, 0.4) is 0 Å². The highest BCUT2D eigenvalue weighted by molar-refractivity contribution is 5.85. The van der Waals surface area contributed by atoms with Gasteiger partial charge in [-0.1, -0.05) is 6.07 Å². The zero-order chi connectivity index (χ0) is 20.4. The Balaban J connectivity index is 1.29. The molecule has 1 saturated carbocycles. The summed E-state index contributed by atoms with van der Waals surface area (Å²) in [5.41, 5.74) is 1.93. The second-order valence-electron chi connectivity index (χ2n) is 9.23. The number of carbonyl (C=O) groups is 2. The van der Waals surface area contributed by atoms with Gasteiger partial charge in [0.25, 0.3) is 5.91 Å². The molecule has 0 spiro atoms. The number of likely N-dealkylation sites (tertiary alicyclic amines) is 1. The molecule has 1 N–H and O–H groups in total. The van der Waals surface area contributed by atoms with E-state index in [0.717, 1.165) is 37.8 Å². The van der Waals surface area contributed by atoms with Crippen LogP contribution in [-0.4, -0.2) is 45.6 Å². The van der Waals surface area contributed by atoms with Gasteiger partial charge in [-0.05, 0) is 87.7 Å². The van der Waals surface area contributed by atoms with Gasteiger partial charge >= 0.3 is 5.97 Å². The number of pyridine rings is 1. The molecule has 0 radical (unpaired) electrons. The lowest BCUT2D eigenvalue weighted by atomic mass is 9.89. The van der Waals surface area contributed by atoms with Crippen LogP contribution >= 0.6 is 0 Å². The Labute approximate surface area is 171 Å². The van der Waals surface area contributed by atoms with Crippen LogP contribution in [-0.2, 0) is 28.9 Å². The van der Waals surface area contributed by atoms with Crippen LogP contribution in [0.5, 0.6) is 0 Å². The van der Waals surface area contributed by atoms with E-state index in [9.17, 15) is 9.59 Å². The number of carbonyl (C=O) groups excluding carboxylic acids is 1. The van der Waals surface area contributed by atoms with E-state index < -0.39 is 17.5 Å². The van der Waals surface area contributed by atoms with Crippen LogP contribution in [0.1, 0.15) is 68.3 Å². The number of carboxylic acid groups (broad SMARTS) is 1. The summed E-state index contributed by atoms with van der Waals surface area (Å²) in [5, 5.41) is 8.92. The van der Waals surface area contributed by atoms with Gasteiger partial charge in [-0.2, -0.15) is 0 Å². The molecule has 1 saturated heterocycles. The fraction of sp³-hybridized carbons (Fsp3) is 0.696. The summed E-state index contributed by atoms with van der Waals surface area (Å²) >= 11 is 0. The van der Waals surface area contributed by atoms with Gasteiger partial charge < -0.3 is 10.0 Å². The van der Waals surface area contributed by atoms with Crippen molar-refractivity contribution in [1.29, 1.82) is 0 Å². The predicted octanol–water partition coefficient (Wildman–Crippen LogP) is 3.72. The van der Waals surface area contributed by atoms with Crippen LogP contribution in [0.2, 0.25) is 0 Å². The lowest BCUT2D eigenvalue weighted by Crippen LogP contribution is -2.48. The monoisotopic (exact) mass is 402 g/mol. The van der Waals surface area contributed by atoms with E-state index in [-0.39, 0.29) is 25.2 Å². The van der Waals surface area contributed by atoms with Gasteiger partial charge in [-0.15, -0.1) is 0 Å². The number of hydrogen-bond donors (Lipinski definition) is 1. The van der Waals surface area contributed by atoms with Gasteiger partial charge in [0.1, 0.15) is 0 Å². The molecule has 0 bridgehead atoms. The van der Waals surface area contributed by atoms with E-state index in [1.54, 1.807) is 4.90 Å². The third kappa shape index (κ3) is 4.62. The van der Waals surface area contributed by atoms with E-state index in [0.29, 0.717) is 25.4 Å². The number of halogens is 1. The SMILES string of the molecule is O=C(O)CC1CCC(F)(C(=O)N2CCC(Cc3ccc4c(n3)CCCC4)CC2)C1. The summed E-state index contributed by atoms with van der Waals surface area (Å²) in [5.74, 6) is -1.08. The van der Waals surface area contributed by atoms with Crippen molar-refractivity contribution in [2.75, 3.05) is 13.1 Å². The molecule has 0 aromatic carbocycles. The lowest BCUT2D eigenvalue weighted by Gasteiger charge is -2.35. The molecule has 4 rings (SSSR count). The first-order valence-electron chi connectivity index (χ1n) is 11.1. The lowest BCUT2D eigenvalue weighted by molar-refractivity contribution is -0.146. The first-order chi connectivity index (χ1) is 13.9. The number of hydrogen-bond acceptors (Lipinski definition) is 3. The smallest absolute Gasteiger partial charge is 0.303 e. The molecule has 29 heavy (non-hydrogen) atoms. The van der Waals surface area contributed by atoms with Crippen LogP contribution in [0.15, 0.2) is 12.1 Å². The summed E-state index contributed by atoms with van der Waals surface area (Å²) in [6.07, 6.45) is 8.02. The minimum absolute atomic E-state index is 0.0468. The van der Waals surface area contributed by atoms with E-state index in [1.165, 1.54) is 24.1 Å². The minimum Gasteiger partial charge on any atom is -0.481 e. The fourth-order valence-corrected chi connectivity index (χ4v) is 5.37. The number of alkyl halides is 1. The molecule has 1 amide bonds. The number of rotatable bonds is 5. The maximum atomic E-state index is 15.2.